The molecule has 1 aliphatic rings. The van der Waals surface area contributed by atoms with Gasteiger partial charge in [-0.3, -0.25) is 4.79 Å². The predicted octanol–water partition coefficient (Wildman–Crippen LogP) is 1.70. The van der Waals surface area contributed by atoms with Gasteiger partial charge in [0.1, 0.15) is 5.78 Å². The normalized spacial score (nSPS) is 16.9. The third kappa shape index (κ3) is 2.32. The summed E-state index contributed by atoms with van der Waals surface area (Å²) in [5.41, 5.74) is 1.49. The molecule has 0 aliphatic carbocycles. The Hall–Kier alpha value is -1.45. The van der Waals surface area contributed by atoms with Crippen LogP contribution < -0.4 is 4.90 Å². The largest absolute Gasteiger partial charge is 0.370 e. The van der Waals surface area contributed by atoms with Crippen LogP contribution in [-0.4, -0.2) is 23.9 Å². The van der Waals surface area contributed by atoms with Crippen LogP contribution in [0.15, 0.2) is 12.1 Å². The number of nitrogens with zero attached hydrogens (tertiary/aromatic N) is 2. The van der Waals surface area contributed by atoms with Gasteiger partial charge in [-0.25, -0.2) is 4.98 Å². The van der Waals surface area contributed by atoms with Crippen LogP contribution in [-0.2, 0) is 4.79 Å². The number of anilines is 1. The van der Waals surface area contributed by atoms with Gasteiger partial charge in [0.05, 0.1) is 0 Å². The Bertz CT molecular complexity index is 362. The summed E-state index contributed by atoms with van der Waals surface area (Å²) in [6.07, 6.45) is 1.12. The molecule has 2 heterocycles. The maximum absolute atomic E-state index is 13.1. The molecule has 15 heavy (non-hydrogen) atoms. The molecular formula is C11H13FN2O. The summed E-state index contributed by atoms with van der Waals surface area (Å²) < 4.78 is 13.1. The van der Waals surface area contributed by atoms with E-state index >= 15 is 0 Å². The number of ketones is 1. The maximum Gasteiger partial charge on any atom is 0.215 e. The molecule has 3 nitrogen and oxygen atoms in total. The number of carbonyl (C=O) groups is 1. The van der Waals surface area contributed by atoms with Gasteiger partial charge in [0.15, 0.2) is 0 Å². The standard InChI is InChI=1S/C11H13FN2O/c1-8-6-9(7-11(12)13-8)14-4-2-10(15)3-5-14/h6-7H,2-5H2,1H3. The van der Waals surface area contributed by atoms with E-state index in [1.807, 2.05) is 11.0 Å². The van der Waals surface area contributed by atoms with E-state index in [-0.39, 0.29) is 5.78 Å². The Morgan fingerprint density at radius 1 is 1.33 bits per heavy atom. The van der Waals surface area contributed by atoms with Gasteiger partial charge in [0, 0.05) is 43.4 Å². The Morgan fingerprint density at radius 3 is 2.60 bits per heavy atom. The summed E-state index contributed by atoms with van der Waals surface area (Å²) in [5, 5.41) is 0. The molecule has 0 amide bonds. The third-order valence-corrected chi connectivity index (χ3v) is 2.59. The smallest absolute Gasteiger partial charge is 0.215 e. The molecule has 0 spiro atoms. The number of rotatable bonds is 1. The molecule has 0 aromatic carbocycles. The molecule has 0 bridgehead atoms. The second kappa shape index (κ2) is 3.96. The number of hydrogen-bond donors (Lipinski definition) is 0. The summed E-state index contributed by atoms with van der Waals surface area (Å²) in [7, 11) is 0. The molecule has 0 saturated carbocycles. The SMILES string of the molecule is Cc1cc(N2CCC(=O)CC2)cc(F)n1. The topological polar surface area (TPSA) is 33.2 Å². The van der Waals surface area contributed by atoms with E-state index in [4.69, 9.17) is 0 Å². The van der Waals surface area contributed by atoms with Crippen molar-refractivity contribution in [3.05, 3.63) is 23.8 Å². The van der Waals surface area contributed by atoms with Gasteiger partial charge in [-0.05, 0) is 13.0 Å². The molecule has 0 N–H and O–H groups in total. The van der Waals surface area contributed by atoms with Crippen LogP contribution in [0.5, 0.6) is 0 Å². The van der Waals surface area contributed by atoms with E-state index in [0.717, 1.165) is 5.69 Å². The average Bonchev–Trinajstić information content (AvgIpc) is 2.17. The zero-order valence-corrected chi connectivity index (χ0v) is 8.66. The molecule has 1 fully saturated rings. The quantitative estimate of drug-likeness (QED) is 0.658. The van der Waals surface area contributed by atoms with Crippen LogP contribution >= 0.6 is 0 Å². The highest BCUT2D eigenvalue weighted by Gasteiger charge is 2.17. The second-order valence-electron chi connectivity index (χ2n) is 3.82. The number of piperidine rings is 1. The molecule has 0 radical (unpaired) electrons. The molecule has 4 heteroatoms. The zero-order chi connectivity index (χ0) is 10.8. The first-order chi connectivity index (χ1) is 7.15. The fourth-order valence-electron chi connectivity index (χ4n) is 1.81. The van der Waals surface area contributed by atoms with Crippen molar-refractivity contribution in [1.82, 2.24) is 4.98 Å². The van der Waals surface area contributed by atoms with E-state index in [1.165, 1.54) is 6.07 Å². The van der Waals surface area contributed by atoms with Crippen molar-refractivity contribution < 1.29 is 9.18 Å². The van der Waals surface area contributed by atoms with Crippen molar-refractivity contribution in [2.45, 2.75) is 19.8 Å². The molecule has 1 aliphatic heterocycles. The number of hydrogen-bond acceptors (Lipinski definition) is 3. The number of halogens is 1. The van der Waals surface area contributed by atoms with Crippen molar-refractivity contribution >= 4 is 11.5 Å². The molecule has 1 aromatic rings. The van der Waals surface area contributed by atoms with Crippen molar-refractivity contribution in [1.29, 1.82) is 0 Å². The van der Waals surface area contributed by atoms with Gasteiger partial charge in [-0.1, -0.05) is 0 Å². The van der Waals surface area contributed by atoms with Crippen molar-refractivity contribution in [3.63, 3.8) is 0 Å². The third-order valence-electron chi connectivity index (χ3n) is 2.59. The molecule has 0 unspecified atom stereocenters. The Labute approximate surface area is 87.9 Å². The predicted molar refractivity (Wildman–Crippen MR) is 55.4 cm³/mol. The minimum absolute atomic E-state index is 0.289. The average molecular weight is 208 g/mol. The molecule has 1 saturated heterocycles. The van der Waals surface area contributed by atoms with E-state index in [0.29, 0.717) is 31.6 Å². The lowest BCUT2D eigenvalue weighted by atomic mass is 10.1. The van der Waals surface area contributed by atoms with Crippen LogP contribution in [0.3, 0.4) is 0 Å². The van der Waals surface area contributed by atoms with Crippen molar-refractivity contribution in [2.75, 3.05) is 18.0 Å². The van der Waals surface area contributed by atoms with Crippen molar-refractivity contribution in [2.24, 2.45) is 0 Å². The Kier molecular flexibility index (Phi) is 2.66. The van der Waals surface area contributed by atoms with Crippen LogP contribution in [0.2, 0.25) is 0 Å². The lowest BCUT2D eigenvalue weighted by Gasteiger charge is -2.28. The number of aryl methyl sites for hydroxylation is 1. The highest BCUT2D eigenvalue weighted by Crippen LogP contribution is 2.19. The second-order valence-corrected chi connectivity index (χ2v) is 3.82. The number of Topliss-reactive ketones (excluding diaryl/α,β-unsaturated/α-hetero) is 1. The van der Waals surface area contributed by atoms with Crippen LogP contribution in [0.1, 0.15) is 18.5 Å². The van der Waals surface area contributed by atoms with E-state index < -0.39 is 5.95 Å². The highest BCUT2D eigenvalue weighted by atomic mass is 19.1. The summed E-state index contributed by atoms with van der Waals surface area (Å²) in [5.74, 6) is -0.167. The zero-order valence-electron chi connectivity index (χ0n) is 8.66. The molecule has 2 rings (SSSR count). The minimum atomic E-state index is -0.457. The van der Waals surface area contributed by atoms with Crippen LogP contribution in [0.4, 0.5) is 10.1 Å². The van der Waals surface area contributed by atoms with Crippen LogP contribution in [0, 0.1) is 12.9 Å². The minimum Gasteiger partial charge on any atom is -0.370 e. The van der Waals surface area contributed by atoms with Crippen LogP contribution in [0.25, 0.3) is 0 Å². The Morgan fingerprint density at radius 2 is 2.00 bits per heavy atom. The van der Waals surface area contributed by atoms with Gasteiger partial charge in [0.25, 0.3) is 0 Å². The number of pyridine rings is 1. The summed E-state index contributed by atoms with van der Waals surface area (Å²) >= 11 is 0. The summed E-state index contributed by atoms with van der Waals surface area (Å²) in [6, 6.07) is 3.27. The maximum atomic E-state index is 13.1. The van der Waals surface area contributed by atoms with Gasteiger partial charge >= 0.3 is 0 Å². The number of aromatic nitrogens is 1. The lowest BCUT2D eigenvalue weighted by molar-refractivity contribution is -0.119. The van der Waals surface area contributed by atoms with E-state index in [1.54, 1.807) is 6.92 Å². The molecular weight excluding hydrogens is 195 g/mol. The van der Waals surface area contributed by atoms with Gasteiger partial charge in [-0.15, -0.1) is 0 Å². The summed E-state index contributed by atoms with van der Waals surface area (Å²) in [6.45, 7) is 3.13. The molecule has 1 aromatic heterocycles. The number of carbonyl (C=O) groups excluding carboxylic acids is 1. The first kappa shape index (κ1) is 10.1. The molecule has 0 atom stereocenters. The van der Waals surface area contributed by atoms with Gasteiger partial charge in [-0.2, -0.15) is 4.39 Å². The van der Waals surface area contributed by atoms with Gasteiger partial charge < -0.3 is 4.90 Å². The Balaban J connectivity index is 2.18. The fourth-order valence-corrected chi connectivity index (χ4v) is 1.81. The first-order valence-corrected chi connectivity index (χ1v) is 5.06. The first-order valence-electron chi connectivity index (χ1n) is 5.06. The van der Waals surface area contributed by atoms with E-state index in [9.17, 15) is 9.18 Å². The fraction of sp³-hybridized carbons (Fsp3) is 0.455. The summed E-state index contributed by atoms with van der Waals surface area (Å²) in [4.78, 5) is 16.8. The van der Waals surface area contributed by atoms with E-state index in [2.05, 4.69) is 4.98 Å². The van der Waals surface area contributed by atoms with Gasteiger partial charge in [0.2, 0.25) is 5.95 Å². The highest BCUT2D eigenvalue weighted by molar-refractivity contribution is 5.81. The molecule has 80 valence electrons. The monoisotopic (exact) mass is 208 g/mol. The van der Waals surface area contributed by atoms with Crippen molar-refractivity contribution in [3.8, 4) is 0 Å². The lowest BCUT2D eigenvalue weighted by Crippen LogP contribution is -2.33.